The molecule has 0 aliphatic carbocycles. The number of hydrogen-bond acceptors (Lipinski definition) is 4. The maximum absolute atomic E-state index is 12.8. The average molecular weight is 386 g/mol. The van der Waals surface area contributed by atoms with E-state index in [1.807, 2.05) is 6.92 Å². The molecule has 124 valence electrons. The van der Waals surface area contributed by atoms with E-state index >= 15 is 0 Å². The van der Waals surface area contributed by atoms with Crippen LogP contribution in [-0.4, -0.2) is 45.2 Å². The Labute approximate surface area is 141 Å². The Balaban J connectivity index is 2.40. The lowest BCUT2D eigenvalue weighted by molar-refractivity contribution is 0.340. The zero-order valence-electron chi connectivity index (χ0n) is 12.0. The molecule has 9 heteroatoms. The number of sulfone groups is 1. The van der Waals surface area contributed by atoms with Gasteiger partial charge in [-0.2, -0.15) is 4.31 Å². The lowest BCUT2D eigenvalue weighted by Crippen LogP contribution is -2.41. The molecule has 0 unspecified atom stereocenters. The van der Waals surface area contributed by atoms with Gasteiger partial charge in [0.05, 0.1) is 26.4 Å². The SMILES string of the molecule is CCCN([C@H]1CCS(=O)(=O)C1)S(=O)(=O)c1ccc(Cl)c(Cl)c1. The van der Waals surface area contributed by atoms with Gasteiger partial charge in [0.15, 0.2) is 9.84 Å². The highest BCUT2D eigenvalue weighted by atomic mass is 35.5. The first-order chi connectivity index (χ1) is 10.2. The number of rotatable bonds is 5. The third kappa shape index (κ3) is 3.76. The second-order valence-electron chi connectivity index (χ2n) is 5.25. The van der Waals surface area contributed by atoms with Gasteiger partial charge in [-0.25, -0.2) is 16.8 Å². The summed E-state index contributed by atoms with van der Waals surface area (Å²) in [5.74, 6) is -0.109. The van der Waals surface area contributed by atoms with Crippen molar-refractivity contribution in [1.29, 1.82) is 0 Å². The third-order valence-corrected chi connectivity index (χ3v) is 7.99. The first-order valence-electron chi connectivity index (χ1n) is 6.84. The molecule has 22 heavy (non-hydrogen) atoms. The number of nitrogens with zero attached hydrogens (tertiary/aromatic N) is 1. The predicted molar refractivity (Wildman–Crippen MR) is 87.7 cm³/mol. The zero-order chi connectivity index (χ0) is 16.5. The van der Waals surface area contributed by atoms with Gasteiger partial charge in [-0.1, -0.05) is 30.1 Å². The van der Waals surface area contributed by atoms with Gasteiger partial charge in [-0.15, -0.1) is 0 Å². The monoisotopic (exact) mass is 385 g/mol. The first kappa shape index (κ1) is 18.0. The molecule has 1 aliphatic rings. The quantitative estimate of drug-likeness (QED) is 0.780. The van der Waals surface area contributed by atoms with Gasteiger partial charge in [-0.3, -0.25) is 0 Å². The van der Waals surface area contributed by atoms with E-state index in [1.54, 1.807) is 0 Å². The number of benzene rings is 1. The molecule has 1 saturated heterocycles. The van der Waals surface area contributed by atoms with Crippen molar-refractivity contribution in [2.45, 2.75) is 30.7 Å². The fourth-order valence-electron chi connectivity index (χ4n) is 2.49. The van der Waals surface area contributed by atoms with Crippen molar-refractivity contribution in [3.8, 4) is 0 Å². The highest BCUT2D eigenvalue weighted by Crippen LogP contribution is 2.29. The molecule has 0 spiro atoms. The first-order valence-corrected chi connectivity index (χ1v) is 10.9. The van der Waals surface area contributed by atoms with Crippen LogP contribution in [0, 0.1) is 0 Å². The molecule has 1 aliphatic heterocycles. The van der Waals surface area contributed by atoms with Crippen molar-refractivity contribution >= 4 is 43.1 Å². The van der Waals surface area contributed by atoms with Crippen molar-refractivity contribution in [2.75, 3.05) is 18.1 Å². The second-order valence-corrected chi connectivity index (χ2v) is 10.2. The van der Waals surface area contributed by atoms with Gasteiger partial charge >= 0.3 is 0 Å². The van der Waals surface area contributed by atoms with E-state index in [9.17, 15) is 16.8 Å². The molecular weight excluding hydrogens is 369 g/mol. The summed E-state index contributed by atoms with van der Waals surface area (Å²) in [7, 11) is -6.98. The molecule has 1 heterocycles. The van der Waals surface area contributed by atoms with Gasteiger partial charge in [0, 0.05) is 12.6 Å². The van der Waals surface area contributed by atoms with E-state index in [-0.39, 0.29) is 33.0 Å². The van der Waals surface area contributed by atoms with E-state index in [2.05, 4.69) is 0 Å². The van der Waals surface area contributed by atoms with E-state index < -0.39 is 25.9 Å². The molecule has 1 aromatic carbocycles. The average Bonchev–Trinajstić information content (AvgIpc) is 2.78. The van der Waals surface area contributed by atoms with E-state index in [0.717, 1.165) is 0 Å². The molecule has 2 rings (SSSR count). The molecule has 5 nitrogen and oxygen atoms in total. The highest BCUT2D eigenvalue weighted by molar-refractivity contribution is 7.92. The van der Waals surface area contributed by atoms with Crippen LogP contribution in [0.5, 0.6) is 0 Å². The minimum absolute atomic E-state index is 0.0226. The van der Waals surface area contributed by atoms with Crippen LogP contribution in [0.15, 0.2) is 23.1 Å². The molecule has 0 bridgehead atoms. The van der Waals surface area contributed by atoms with Crippen LogP contribution < -0.4 is 0 Å². The molecule has 1 fully saturated rings. The molecule has 0 saturated carbocycles. The third-order valence-electron chi connectivity index (χ3n) is 3.56. The molecule has 1 aromatic rings. The van der Waals surface area contributed by atoms with E-state index in [4.69, 9.17) is 23.2 Å². The molecule has 0 amide bonds. The summed E-state index contributed by atoms with van der Waals surface area (Å²) in [6, 6.07) is 3.58. The van der Waals surface area contributed by atoms with Crippen LogP contribution in [0.1, 0.15) is 19.8 Å². The van der Waals surface area contributed by atoms with Crippen LogP contribution in [0.2, 0.25) is 10.0 Å². The van der Waals surface area contributed by atoms with Crippen molar-refractivity contribution in [1.82, 2.24) is 4.31 Å². The summed E-state index contributed by atoms with van der Waals surface area (Å²) in [4.78, 5) is 0.0275. The smallest absolute Gasteiger partial charge is 0.229 e. The number of hydrogen-bond donors (Lipinski definition) is 0. The maximum Gasteiger partial charge on any atom is 0.243 e. The van der Waals surface area contributed by atoms with Crippen LogP contribution in [0.4, 0.5) is 0 Å². The van der Waals surface area contributed by atoms with Gasteiger partial charge in [0.2, 0.25) is 10.0 Å². The highest BCUT2D eigenvalue weighted by Gasteiger charge is 2.38. The Hall–Kier alpha value is -0.340. The molecule has 1 atom stereocenters. The fraction of sp³-hybridized carbons (Fsp3) is 0.538. The van der Waals surface area contributed by atoms with Crippen LogP contribution >= 0.6 is 23.2 Å². The summed E-state index contributed by atoms with van der Waals surface area (Å²) in [6.07, 6.45) is 0.917. The molecule has 0 radical (unpaired) electrons. The summed E-state index contributed by atoms with van der Waals surface area (Å²) in [5.41, 5.74) is 0. The van der Waals surface area contributed by atoms with Crippen LogP contribution in [0.3, 0.4) is 0 Å². The van der Waals surface area contributed by atoms with E-state index in [1.165, 1.54) is 22.5 Å². The van der Waals surface area contributed by atoms with Crippen molar-refractivity contribution < 1.29 is 16.8 Å². The standard InChI is InChI=1S/C13H17Cl2NO4S2/c1-2-6-16(10-5-7-21(17,18)9-10)22(19,20)11-3-4-12(14)13(15)8-11/h3-4,8,10H,2,5-7,9H2,1H3/t10-/m0/s1. The van der Waals surface area contributed by atoms with Crippen molar-refractivity contribution in [3.63, 3.8) is 0 Å². The number of halogens is 2. The van der Waals surface area contributed by atoms with Crippen molar-refractivity contribution in [3.05, 3.63) is 28.2 Å². The van der Waals surface area contributed by atoms with Gasteiger partial charge in [0.1, 0.15) is 0 Å². The van der Waals surface area contributed by atoms with E-state index in [0.29, 0.717) is 12.8 Å². The van der Waals surface area contributed by atoms with Gasteiger partial charge < -0.3 is 0 Å². The summed E-state index contributed by atoms with van der Waals surface area (Å²) in [6.45, 7) is 2.11. The Bertz CT molecular complexity index is 762. The normalized spacial score (nSPS) is 21.4. The Kier molecular flexibility index (Phi) is 5.44. The largest absolute Gasteiger partial charge is 0.243 e. The van der Waals surface area contributed by atoms with Gasteiger partial charge in [-0.05, 0) is 31.0 Å². The molecular formula is C13H17Cl2NO4S2. The second kappa shape index (κ2) is 6.65. The Morgan fingerprint density at radius 3 is 2.45 bits per heavy atom. The summed E-state index contributed by atoms with van der Waals surface area (Å²) < 4.78 is 50.2. The molecule has 0 aromatic heterocycles. The number of sulfonamides is 1. The van der Waals surface area contributed by atoms with Crippen LogP contribution in [-0.2, 0) is 19.9 Å². The fourth-order valence-corrected chi connectivity index (χ4v) is 6.46. The minimum Gasteiger partial charge on any atom is -0.229 e. The lowest BCUT2D eigenvalue weighted by atomic mass is 10.2. The Morgan fingerprint density at radius 1 is 1.27 bits per heavy atom. The summed E-state index contributed by atoms with van der Waals surface area (Å²) >= 11 is 11.7. The zero-order valence-corrected chi connectivity index (χ0v) is 15.1. The molecule has 0 N–H and O–H groups in total. The topological polar surface area (TPSA) is 71.5 Å². The predicted octanol–water partition coefficient (Wildman–Crippen LogP) is 2.58. The maximum atomic E-state index is 12.8. The van der Waals surface area contributed by atoms with Gasteiger partial charge in [0.25, 0.3) is 0 Å². The summed E-state index contributed by atoms with van der Waals surface area (Å²) in [5, 5.41) is 0.421. The Morgan fingerprint density at radius 2 is 1.95 bits per heavy atom. The lowest BCUT2D eigenvalue weighted by Gasteiger charge is -2.27. The minimum atomic E-state index is -3.81. The van der Waals surface area contributed by atoms with Crippen LogP contribution in [0.25, 0.3) is 0 Å². The van der Waals surface area contributed by atoms with Crippen molar-refractivity contribution in [2.24, 2.45) is 0 Å².